The Hall–Kier alpha value is -1.70. The Morgan fingerprint density at radius 2 is 2.19 bits per heavy atom. The lowest BCUT2D eigenvalue weighted by atomic mass is 9.89. The van der Waals surface area contributed by atoms with E-state index in [0.29, 0.717) is 18.7 Å². The number of aromatic nitrogens is 2. The van der Waals surface area contributed by atoms with Crippen LogP contribution < -0.4 is 5.76 Å². The van der Waals surface area contributed by atoms with Gasteiger partial charge in [0.25, 0.3) is 5.89 Å². The van der Waals surface area contributed by atoms with Crippen molar-refractivity contribution in [3.8, 4) is 10.8 Å². The molecule has 1 atom stereocenters. The fraction of sp³-hybridized carbons (Fsp3) is 0.579. The van der Waals surface area contributed by atoms with Gasteiger partial charge in [-0.2, -0.15) is 4.68 Å². The highest BCUT2D eigenvalue weighted by Crippen LogP contribution is 2.27. The molecule has 0 amide bonds. The van der Waals surface area contributed by atoms with Gasteiger partial charge in [0, 0.05) is 19.6 Å². The van der Waals surface area contributed by atoms with Gasteiger partial charge in [-0.05, 0) is 49.5 Å². The predicted octanol–water partition coefficient (Wildman–Crippen LogP) is 2.75. The summed E-state index contributed by atoms with van der Waals surface area (Å²) in [5.41, 5.74) is -0.892. The smallest absolute Gasteiger partial charge is 0.388 e. The molecule has 2 aliphatic rings. The molecule has 1 aliphatic heterocycles. The predicted molar refractivity (Wildman–Crippen MR) is 101 cm³/mol. The van der Waals surface area contributed by atoms with Crippen molar-refractivity contribution in [3.05, 3.63) is 40.2 Å². The molecule has 0 radical (unpaired) electrons. The van der Waals surface area contributed by atoms with Crippen LogP contribution in [0.1, 0.15) is 32.1 Å². The number of piperidine rings is 1. The average molecular weight is 375 g/mol. The maximum Gasteiger partial charge on any atom is 0.437 e. The molecule has 0 aromatic carbocycles. The van der Waals surface area contributed by atoms with E-state index in [2.05, 4.69) is 22.2 Å². The van der Waals surface area contributed by atoms with Crippen LogP contribution in [0.15, 0.2) is 38.9 Å². The van der Waals surface area contributed by atoms with Crippen molar-refractivity contribution in [2.24, 2.45) is 5.92 Å². The molecule has 1 fully saturated rings. The highest BCUT2D eigenvalue weighted by molar-refractivity contribution is 7.13. The Bertz CT molecular complexity index is 800. The number of nitrogens with zero attached hydrogens (tertiary/aromatic N) is 3. The molecule has 4 rings (SSSR count). The first-order valence-electron chi connectivity index (χ1n) is 9.33. The van der Waals surface area contributed by atoms with E-state index >= 15 is 0 Å². The summed E-state index contributed by atoms with van der Waals surface area (Å²) in [4.78, 5) is 15.4. The van der Waals surface area contributed by atoms with Crippen molar-refractivity contribution in [2.75, 3.05) is 19.6 Å². The quantitative estimate of drug-likeness (QED) is 0.814. The summed E-state index contributed by atoms with van der Waals surface area (Å²) >= 11 is 1.48. The fourth-order valence-corrected chi connectivity index (χ4v) is 4.53. The number of thiophene rings is 1. The maximum atomic E-state index is 12.1. The van der Waals surface area contributed by atoms with Crippen molar-refractivity contribution in [2.45, 2.75) is 44.2 Å². The van der Waals surface area contributed by atoms with Gasteiger partial charge in [0.2, 0.25) is 0 Å². The lowest BCUT2D eigenvalue weighted by Gasteiger charge is -2.39. The summed E-state index contributed by atoms with van der Waals surface area (Å²) in [6.07, 6.45) is 9.48. The molecule has 0 bridgehead atoms. The Labute approximate surface area is 156 Å². The van der Waals surface area contributed by atoms with Gasteiger partial charge in [-0.25, -0.2) is 4.79 Å². The van der Waals surface area contributed by atoms with Crippen LogP contribution in [0.2, 0.25) is 0 Å². The summed E-state index contributed by atoms with van der Waals surface area (Å²) in [7, 11) is 0. The Kier molecular flexibility index (Phi) is 5.11. The first kappa shape index (κ1) is 17.7. The Morgan fingerprint density at radius 1 is 1.35 bits per heavy atom. The minimum atomic E-state index is -0.892. The summed E-state index contributed by atoms with van der Waals surface area (Å²) in [5.74, 6) is 0.562. The Balaban J connectivity index is 1.35. The van der Waals surface area contributed by atoms with Gasteiger partial charge >= 0.3 is 5.76 Å². The SMILES string of the molecule is O=c1oc(-c2cccs2)nn1CC1(O)CCN(C[C@@H]2CC=CCC2)CC1. The standard InChI is InChI=1S/C19H25N3O3S/c23-18-22(20-17(25-18)16-7-4-12-26-16)14-19(24)8-10-21(11-9-19)13-15-5-2-1-3-6-15/h1-2,4,7,12,15,24H,3,5-6,8-11,13-14H2/t15-/m1/s1. The van der Waals surface area contributed by atoms with Crippen LogP contribution in [-0.4, -0.2) is 45.0 Å². The van der Waals surface area contributed by atoms with E-state index in [0.717, 1.165) is 30.4 Å². The lowest BCUT2D eigenvalue weighted by molar-refractivity contribution is -0.0402. The van der Waals surface area contributed by atoms with Crippen LogP contribution in [0.25, 0.3) is 10.8 Å². The van der Waals surface area contributed by atoms with E-state index in [9.17, 15) is 9.90 Å². The largest absolute Gasteiger partial charge is 0.437 e. The summed E-state index contributed by atoms with van der Waals surface area (Å²) in [6.45, 7) is 3.02. The van der Waals surface area contributed by atoms with E-state index in [1.165, 1.54) is 35.3 Å². The zero-order valence-corrected chi connectivity index (χ0v) is 15.7. The zero-order valence-electron chi connectivity index (χ0n) is 14.8. The third-order valence-corrected chi connectivity index (χ3v) is 6.32. The number of rotatable bonds is 5. The molecule has 0 unspecified atom stereocenters. The molecule has 6 nitrogen and oxygen atoms in total. The van der Waals surface area contributed by atoms with Gasteiger partial charge in [-0.3, -0.25) is 0 Å². The van der Waals surface area contributed by atoms with E-state index in [1.54, 1.807) is 0 Å². The molecule has 2 aromatic heterocycles. The molecule has 1 N–H and O–H groups in total. The molecule has 0 spiro atoms. The molecule has 3 heterocycles. The zero-order chi connectivity index (χ0) is 18.0. The van der Waals surface area contributed by atoms with Crippen LogP contribution in [0.4, 0.5) is 0 Å². The highest BCUT2D eigenvalue weighted by Gasteiger charge is 2.34. The van der Waals surface area contributed by atoms with Crippen molar-refractivity contribution in [1.29, 1.82) is 0 Å². The highest BCUT2D eigenvalue weighted by atomic mass is 32.1. The van der Waals surface area contributed by atoms with Crippen molar-refractivity contribution >= 4 is 11.3 Å². The topological polar surface area (TPSA) is 71.5 Å². The van der Waals surface area contributed by atoms with E-state index in [4.69, 9.17) is 4.42 Å². The first-order valence-corrected chi connectivity index (χ1v) is 10.2. The third kappa shape index (κ3) is 4.00. The summed E-state index contributed by atoms with van der Waals surface area (Å²) in [5, 5.41) is 17.1. The maximum absolute atomic E-state index is 12.1. The molecule has 7 heteroatoms. The van der Waals surface area contributed by atoms with Gasteiger partial charge in [-0.15, -0.1) is 16.4 Å². The average Bonchev–Trinajstić information content (AvgIpc) is 3.29. The fourth-order valence-electron chi connectivity index (χ4n) is 3.88. The molecule has 1 saturated heterocycles. The van der Waals surface area contributed by atoms with Crippen molar-refractivity contribution in [3.63, 3.8) is 0 Å². The van der Waals surface area contributed by atoms with E-state index < -0.39 is 11.4 Å². The van der Waals surface area contributed by atoms with Crippen LogP contribution in [0.5, 0.6) is 0 Å². The number of allylic oxidation sites excluding steroid dienone is 2. The number of likely N-dealkylation sites (tertiary alicyclic amines) is 1. The second kappa shape index (κ2) is 7.50. The van der Waals surface area contributed by atoms with Crippen LogP contribution >= 0.6 is 11.3 Å². The molecule has 2 aromatic rings. The number of hydrogen-bond acceptors (Lipinski definition) is 6. The normalized spacial score (nSPS) is 23.3. The molecule has 0 saturated carbocycles. The molecular formula is C19H25N3O3S. The minimum absolute atomic E-state index is 0.195. The van der Waals surface area contributed by atoms with Crippen LogP contribution in [-0.2, 0) is 6.54 Å². The number of aliphatic hydroxyl groups is 1. The van der Waals surface area contributed by atoms with E-state index in [1.807, 2.05) is 17.5 Å². The molecular weight excluding hydrogens is 350 g/mol. The van der Waals surface area contributed by atoms with Gasteiger partial charge < -0.3 is 14.4 Å². The van der Waals surface area contributed by atoms with Crippen molar-refractivity contribution in [1.82, 2.24) is 14.7 Å². The summed E-state index contributed by atoms with van der Waals surface area (Å²) in [6, 6.07) is 3.76. The number of hydrogen-bond donors (Lipinski definition) is 1. The first-order chi connectivity index (χ1) is 12.6. The minimum Gasteiger partial charge on any atom is -0.388 e. The summed E-state index contributed by atoms with van der Waals surface area (Å²) < 4.78 is 6.52. The monoisotopic (exact) mass is 375 g/mol. The molecule has 1 aliphatic carbocycles. The van der Waals surface area contributed by atoms with Gasteiger partial charge in [0.1, 0.15) is 0 Å². The van der Waals surface area contributed by atoms with Gasteiger partial charge in [0.15, 0.2) is 0 Å². The molecule has 140 valence electrons. The third-order valence-electron chi connectivity index (χ3n) is 5.46. The van der Waals surface area contributed by atoms with Gasteiger partial charge in [0.05, 0.1) is 17.0 Å². The second-order valence-corrected chi connectivity index (χ2v) is 8.43. The molecule has 26 heavy (non-hydrogen) atoms. The van der Waals surface area contributed by atoms with Gasteiger partial charge in [-0.1, -0.05) is 18.2 Å². The van der Waals surface area contributed by atoms with Crippen LogP contribution in [0.3, 0.4) is 0 Å². The van der Waals surface area contributed by atoms with Crippen molar-refractivity contribution < 1.29 is 9.52 Å². The Morgan fingerprint density at radius 3 is 2.88 bits per heavy atom. The van der Waals surface area contributed by atoms with Crippen LogP contribution in [0, 0.1) is 5.92 Å². The van der Waals surface area contributed by atoms with E-state index in [-0.39, 0.29) is 6.54 Å². The second-order valence-electron chi connectivity index (χ2n) is 7.48. The lowest BCUT2D eigenvalue weighted by Crippen LogP contribution is -2.49.